The molecule has 1 amide bonds. The second kappa shape index (κ2) is 7.01. The number of rotatable bonds is 4. The number of carbonyl (C=O) groups is 2. The molecule has 2 atom stereocenters. The highest BCUT2D eigenvalue weighted by Gasteiger charge is 2.34. The van der Waals surface area contributed by atoms with Crippen LogP contribution in [0.2, 0.25) is 0 Å². The Hall–Kier alpha value is -2.40. The van der Waals surface area contributed by atoms with Crippen LogP contribution < -0.4 is 4.90 Å². The molecule has 5 heteroatoms. The van der Waals surface area contributed by atoms with Crippen LogP contribution in [0.1, 0.15) is 25.0 Å². The predicted molar refractivity (Wildman–Crippen MR) is 96.0 cm³/mol. The Morgan fingerprint density at radius 3 is 2.88 bits per heavy atom. The van der Waals surface area contributed by atoms with Crippen LogP contribution in [0.25, 0.3) is 6.08 Å². The second-order valence-corrected chi connectivity index (χ2v) is 6.64. The summed E-state index contributed by atoms with van der Waals surface area (Å²) in [5.74, 6) is -0.702. The zero-order valence-corrected chi connectivity index (χ0v) is 14.5. The molecule has 1 aliphatic heterocycles. The third kappa shape index (κ3) is 3.41. The molecule has 0 saturated heterocycles. The van der Waals surface area contributed by atoms with Crippen molar-refractivity contribution in [3.8, 4) is 0 Å². The van der Waals surface area contributed by atoms with Gasteiger partial charge < -0.3 is 9.64 Å². The van der Waals surface area contributed by atoms with Crippen LogP contribution in [0.3, 0.4) is 0 Å². The summed E-state index contributed by atoms with van der Waals surface area (Å²) in [7, 11) is 0. The minimum absolute atomic E-state index is 0.0670. The Morgan fingerprint density at radius 2 is 2.12 bits per heavy atom. The highest BCUT2D eigenvalue weighted by atomic mass is 32.1. The van der Waals surface area contributed by atoms with E-state index >= 15 is 0 Å². The molecule has 0 spiro atoms. The molecule has 3 rings (SSSR count). The molecule has 1 aromatic heterocycles. The Bertz CT molecular complexity index is 767. The van der Waals surface area contributed by atoms with Crippen molar-refractivity contribution in [2.24, 2.45) is 0 Å². The van der Waals surface area contributed by atoms with E-state index in [9.17, 15) is 9.59 Å². The fourth-order valence-corrected chi connectivity index (χ4v) is 3.52. The summed E-state index contributed by atoms with van der Waals surface area (Å²) in [6.45, 7) is 3.62. The number of para-hydroxylation sites is 1. The standard InChI is InChI=1S/C19H19NO3S/c1-13-11-16-5-3-4-6-17(16)20(13)19(22)14(2)23-18(21)8-7-15-9-10-24-12-15/h3-10,12-14H,11H2,1-2H3/b8-7+/t13-,14+/m1/s1. The number of anilines is 1. The van der Waals surface area contributed by atoms with E-state index in [1.165, 1.54) is 6.08 Å². The summed E-state index contributed by atoms with van der Waals surface area (Å²) in [4.78, 5) is 26.4. The monoisotopic (exact) mass is 341 g/mol. The molecule has 0 saturated carbocycles. The van der Waals surface area contributed by atoms with E-state index in [0.29, 0.717) is 0 Å². The van der Waals surface area contributed by atoms with Gasteiger partial charge in [-0.05, 0) is 60.4 Å². The summed E-state index contributed by atoms with van der Waals surface area (Å²) >= 11 is 1.56. The molecule has 0 fully saturated rings. The van der Waals surface area contributed by atoms with Gasteiger partial charge in [-0.1, -0.05) is 18.2 Å². The number of hydrogen-bond acceptors (Lipinski definition) is 4. The quantitative estimate of drug-likeness (QED) is 0.630. The molecule has 1 aliphatic rings. The van der Waals surface area contributed by atoms with Gasteiger partial charge in [-0.3, -0.25) is 4.79 Å². The van der Waals surface area contributed by atoms with Crippen molar-refractivity contribution in [2.45, 2.75) is 32.4 Å². The number of thiophene rings is 1. The molecular weight excluding hydrogens is 322 g/mol. The van der Waals surface area contributed by atoms with Crippen molar-refractivity contribution < 1.29 is 14.3 Å². The third-order valence-corrected chi connectivity index (χ3v) is 4.74. The maximum absolute atomic E-state index is 12.7. The van der Waals surface area contributed by atoms with Crippen LogP contribution in [0, 0.1) is 0 Å². The number of nitrogens with zero attached hydrogens (tertiary/aromatic N) is 1. The van der Waals surface area contributed by atoms with E-state index in [1.807, 2.05) is 48.0 Å². The first-order valence-corrected chi connectivity index (χ1v) is 8.82. The highest BCUT2D eigenvalue weighted by Crippen LogP contribution is 2.32. The van der Waals surface area contributed by atoms with Gasteiger partial charge in [0.1, 0.15) is 0 Å². The van der Waals surface area contributed by atoms with E-state index in [-0.39, 0.29) is 11.9 Å². The second-order valence-electron chi connectivity index (χ2n) is 5.86. The highest BCUT2D eigenvalue weighted by molar-refractivity contribution is 7.08. The Balaban J connectivity index is 1.66. The van der Waals surface area contributed by atoms with E-state index in [0.717, 1.165) is 23.2 Å². The zero-order chi connectivity index (χ0) is 17.1. The number of benzene rings is 1. The first-order valence-electron chi connectivity index (χ1n) is 7.88. The molecule has 0 bridgehead atoms. The van der Waals surface area contributed by atoms with Crippen LogP contribution in [-0.2, 0) is 20.7 Å². The Labute approximate surface area is 145 Å². The normalized spacial score (nSPS) is 17.8. The Morgan fingerprint density at radius 1 is 1.33 bits per heavy atom. The van der Waals surface area contributed by atoms with Crippen LogP contribution in [-0.4, -0.2) is 24.0 Å². The van der Waals surface area contributed by atoms with Gasteiger partial charge in [0.05, 0.1) is 0 Å². The largest absolute Gasteiger partial charge is 0.449 e. The van der Waals surface area contributed by atoms with Crippen molar-refractivity contribution >= 4 is 35.0 Å². The summed E-state index contributed by atoms with van der Waals surface area (Å²) in [6.07, 6.45) is 3.04. The average Bonchev–Trinajstić information content (AvgIpc) is 3.18. The topological polar surface area (TPSA) is 46.6 Å². The summed E-state index contributed by atoms with van der Waals surface area (Å²) in [5.41, 5.74) is 3.00. The van der Waals surface area contributed by atoms with Gasteiger partial charge in [0.15, 0.2) is 6.10 Å². The molecular formula is C19H19NO3S. The molecule has 2 heterocycles. The van der Waals surface area contributed by atoms with Crippen LogP contribution in [0.5, 0.6) is 0 Å². The summed E-state index contributed by atoms with van der Waals surface area (Å²) < 4.78 is 5.27. The molecule has 2 aromatic rings. The fourth-order valence-electron chi connectivity index (χ4n) is 2.90. The van der Waals surface area contributed by atoms with Gasteiger partial charge in [-0.15, -0.1) is 0 Å². The van der Waals surface area contributed by atoms with Gasteiger partial charge in [-0.2, -0.15) is 11.3 Å². The molecule has 4 nitrogen and oxygen atoms in total. The van der Waals surface area contributed by atoms with E-state index < -0.39 is 12.1 Å². The minimum atomic E-state index is -0.821. The first kappa shape index (κ1) is 16.5. The van der Waals surface area contributed by atoms with Crippen LogP contribution >= 0.6 is 11.3 Å². The summed E-state index contributed by atoms with van der Waals surface area (Å²) in [5, 5.41) is 3.87. The van der Waals surface area contributed by atoms with Crippen molar-refractivity contribution in [1.29, 1.82) is 0 Å². The number of esters is 1. The van der Waals surface area contributed by atoms with E-state index in [4.69, 9.17) is 4.74 Å². The molecule has 0 unspecified atom stereocenters. The van der Waals surface area contributed by atoms with Gasteiger partial charge in [0, 0.05) is 17.8 Å². The van der Waals surface area contributed by atoms with Gasteiger partial charge in [0.25, 0.3) is 5.91 Å². The minimum Gasteiger partial charge on any atom is -0.449 e. The maximum Gasteiger partial charge on any atom is 0.331 e. The third-order valence-electron chi connectivity index (χ3n) is 4.04. The number of fused-ring (bicyclic) bond motifs is 1. The SMILES string of the molecule is C[C@H](OC(=O)/C=C/c1ccsc1)C(=O)N1c2ccccc2C[C@H]1C. The van der Waals surface area contributed by atoms with Crippen molar-refractivity contribution in [3.63, 3.8) is 0 Å². The Kier molecular flexibility index (Phi) is 4.81. The van der Waals surface area contributed by atoms with E-state index in [1.54, 1.807) is 29.2 Å². The fraction of sp³-hybridized carbons (Fsp3) is 0.263. The lowest BCUT2D eigenvalue weighted by Gasteiger charge is -2.25. The lowest BCUT2D eigenvalue weighted by atomic mass is 10.1. The molecule has 0 radical (unpaired) electrons. The predicted octanol–water partition coefficient (Wildman–Crippen LogP) is 3.67. The van der Waals surface area contributed by atoms with Crippen molar-refractivity contribution in [2.75, 3.05) is 4.90 Å². The first-order chi connectivity index (χ1) is 11.6. The number of amides is 1. The molecule has 1 aromatic carbocycles. The van der Waals surface area contributed by atoms with Crippen molar-refractivity contribution in [3.05, 3.63) is 58.3 Å². The number of hydrogen-bond donors (Lipinski definition) is 0. The molecule has 0 N–H and O–H groups in total. The lowest BCUT2D eigenvalue weighted by Crippen LogP contribution is -2.43. The average molecular weight is 341 g/mol. The van der Waals surface area contributed by atoms with Crippen LogP contribution in [0.4, 0.5) is 5.69 Å². The smallest absolute Gasteiger partial charge is 0.331 e. The van der Waals surface area contributed by atoms with Crippen molar-refractivity contribution in [1.82, 2.24) is 0 Å². The number of ether oxygens (including phenoxy) is 1. The van der Waals surface area contributed by atoms with E-state index in [2.05, 4.69) is 0 Å². The zero-order valence-electron chi connectivity index (χ0n) is 13.6. The van der Waals surface area contributed by atoms with Gasteiger partial charge >= 0.3 is 5.97 Å². The molecule has 0 aliphatic carbocycles. The summed E-state index contributed by atoms with van der Waals surface area (Å²) in [6, 6.07) is 9.82. The lowest BCUT2D eigenvalue weighted by molar-refractivity contribution is -0.149. The van der Waals surface area contributed by atoms with Gasteiger partial charge in [-0.25, -0.2) is 4.79 Å². The number of carbonyl (C=O) groups excluding carboxylic acids is 2. The van der Waals surface area contributed by atoms with Gasteiger partial charge in [0.2, 0.25) is 0 Å². The molecule has 24 heavy (non-hydrogen) atoms. The van der Waals surface area contributed by atoms with Crippen LogP contribution in [0.15, 0.2) is 47.2 Å². The molecule has 124 valence electrons. The maximum atomic E-state index is 12.7.